The lowest BCUT2D eigenvalue weighted by Crippen LogP contribution is -2.17. The number of methoxy groups -OCH3 is 1. The van der Waals surface area contributed by atoms with Crippen molar-refractivity contribution in [3.8, 4) is 11.5 Å². The number of halogens is 2. The van der Waals surface area contributed by atoms with E-state index in [0.717, 1.165) is 16.9 Å². The lowest BCUT2D eigenvalue weighted by Gasteiger charge is -2.12. The maximum absolute atomic E-state index is 12.3. The summed E-state index contributed by atoms with van der Waals surface area (Å²) in [5.41, 5.74) is 10.3. The Bertz CT molecular complexity index is 1120. The van der Waals surface area contributed by atoms with E-state index in [1.165, 1.54) is 6.21 Å². The molecule has 0 aliphatic carbocycles. The zero-order valence-electron chi connectivity index (χ0n) is 16.8. The first-order valence-corrected chi connectivity index (χ1v) is 10.8. The average Bonchev–Trinajstić information content (AvgIpc) is 3.14. The molecule has 3 rings (SSSR count). The Kier molecular flexibility index (Phi) is 7.73. The van der Waals surface area contributed by atoms with E-state index in [9.17, 15) is 4.79 Å². The molecule has 162 valence electrons. The van der Waals surface area contributed by atoms with Crippen LogP contribution in [0.5, 0.6) is 11.5 Å². The Hall–Kier alpha value is -2.81. The summed E-state index contributed by atoms with van der Waals surface area (Å²) in [6.07, 6.45) is 2.12. The number of anilines is 1. The fourth-order valence-electron chi connectivity index (χ4n) is 2.68. The second-order valence-corrected chi connectivity index (χ2v) is 8.19. The van der Waals surface area contributed by atoms with Crippen molar-refractivity contribution >= 4 is 51.8 Å². The molecule has 0 unspecified atom stereocenters. The molecule has 0 aliphatic heterocycles. The Labute approximate surface area is 193 Å². The van der Waals surface area contributed by atoms with Crippen molar-refractivity contribution in [2.24, 2.45) is 5.10 Å². The second-order valence-electron chi connectivity index (χ2n) is 6.32. The maximum atomic E-state index is 12.3. The predicted molar refractivity (Wildman–Crippen MR) is 125 cm³/mol. The number of nitrogens with zero attached hydrogens (tertiary/aromatic N) is 2. The standard InChI is InChI=1S/C21H20Cl2N4O3S/c1-3-16-19(31-21(24)26-16)20(28)27-25-10-12-4-7-17(18(8-12)29-2)30-11-13-5-6-14(22)9-15(13)23/h4-10H,3,11H2,1-2H3,(H2,24,26)(H,27,28)/b25-10+. The van der Waals surface area contributed by atoms with Crippen molar-refractivity contribution in [3.63, 3.8) is 0 Å². The number of nitrogens with one attached hydrogen (secondary N) is 1. The van der Waals surface area contributed by atoms with Gasteiger partial charge in [0.1, 0.15) is 11.5 Å². The van der Waals surface area contributed by atoms with Crippen LogP contribution in [0.4, 0.5) is 5.13 Å². The molecule has 0 saturated heterocycles. The molecule has 1 heterocycles. The topological polar surface area (TPSA) is 98.8 Å². The number of carbonyl (C=O) groups excluding carboxylic acids is 1. The number of nitrogen functional groups attached to an aromatic ring is 1. The van der Waals surface area contributed by atoms with E-state index >= 15 is 0 Å². The van der Waals surface area contributed by atoms with Crippen molar-refractivity contribution in [1.29, 1.82) is 0 Å². The van der Waals surface area contributed by atoms with Gasteiger partial charge in [0, 0.05) is 15.6 Å². The van der Waals surface area contributed by atoms with Gasteiger partial charge in [-0.25, -0.2) is 10.4 Å². The molecule has 0 radical (unpaired) electrons. The third-order valence-electron chi connectivity index (χ3n) is 4.22. The smallest absolute Gasteiger partial charge is 0.283 e. The highest BCUT2D eigenvalue weighted by molar-refractivity contribution is 7.17. The summed E-state index contributed by atoms with van der Waals surface area (Å²) in [6, 6.07) is 10.5. The molecule has 0 spiro atoms. The number of amides is 1. The molecular weight excluding hydrogens is 459 g/mol. The number of hydrazone groups is 1. The van der Waals surface area contributed by atoms with Gasteiger partial charge in [-0.05, 0) is 42.3 Å². The molecule has 0 saturated carbocycles. The molecule has 0 fully saturated rings. The van der Waals surface area contributed by atoms with Gasteiger partial charge in [-0.15, -0.1) is 0 Å². The fraction of sp³-hybridized carbons (Fsp3) is 0.190. The minimum Gasteiger partial charge on any atom is -0.493 e. The van der Waals surface area contributed by atoms with Crippen LogP contribution in [0.15, 0.2) is 41.5 Å². The summed E-state index contributed by atoms with van der Waals surface area (Å²) in [4.78, 5) is 16.9. The highest BCUT2D eigenvalue weighted by Crippen LogP contribution is 2.30. The molecule has 3 aromatic rings. The molecule has 7 nitrogen and oxygen atoms in total. The van der Waals surface area contributed by atoms with Gasteiger partial charge in [0.25, 0.3) is 5.91 Å². The van der Waals surface area contributed by atoms with Crippen LogP contribution in [0.2, 0.25) is 10.0 Å². The Morgan fingerprint density at radius 1 is 1.26 bits per heavy atom. The van der Waals surface area contributed by atoms with Crippen LogP contribution in [0.1, 0.15) is 33.4 Å². The number of benzene rings is 2. The summed E-state index contributed by atoms with van der Waals surface area (Å²) >= 11 is 13.2. The van der Waals surface area contributed by atoms with Gasteiger partial charge in [-0.1, -0.05) is 47.5 Å². The normalized spacial score (nSPS) is 11.0. The zero-order valence-corrected chi connectivity index (χ0v) is 19.1. The molecule has 1 aromatic heterocycles. The van der Waals surface area contributed by atoms with Gasteiger partial charge >= 0.3 is 0 Å². The van der Waals surface area contributed by atoms with Gasteiger partial charge < -0.3 is 15.2 Å². The van der Waals surface area contributed by atoms with Crippen LogP contribution in [0.3, 0.4) is 0 Å². The summed E-state index contributed by atoms with van der Waals surface area (Å²) in [5, 5.41) is 5.45. The largest absolute Gasteiger partial charge is 0.493 e. The summed E-state index contributed by atoms with van der Waals surface area (Å²) < 4.78 is 11.2. The monoisotopic (exact) mass is 478 g/mol. The van der Waals surface area contributed by atoms with Crippen LogP contribution in [-0.4, -0.2) is 24.2 Å². The SMILES string of the molecule is CCc1nc(N)sc1C(=O)N/N=C/c1ccc(OCc2ccc(Cl)cc2Cl)c(OC)c1. The van der Waals surface area contributed by atoms with Crippen LogP contribution in [-0.2, 0) is 13.0 Å². The van der Waals surface area contributed by atoms with E-state index in [2.05, 4.69) is 15.5 Å². The van der Waals surface area contributed by atoms with Crippen LogP contribution in [0.25, 0.3) is 0 Å². The number of carbonyl (C=O) groups is 1. The van der Waals surface area contributed by atoms with Crippen molar-refractivity contribution in [3.05, 3.63) is 68.1 Å². The Balaban J connectivity index is 1.65. The minimum atomic E-state index is -0.353. The molecule has 0 atom stereocenters. The van der Waals surface area contributed by atoms with E-state index in [0.29, 0.717) is 49.2 Å². The predicted octanol–water partition coefficient (Wildman–Crippen LogP) is 4.95. The molecule has 3 N–H and O–H groups in total. The number of ether oxygens (including phenoxy) is 2. The Morgan fingerprint density at radius 3 is 2.77 bits per heavy atom. The molecule has 10 heteroatoms. The van der Waals surface area contributed by atoms with E-state index in [4.69, 9.17) is 38.4 Å². The average molecular weight is 479 g/mol. The third-order valence-corrected chi connectivity index (χ3v) is 5.73. The lowest BCUT2D eigenvalue weighted by molar-refractivity contribution is 0.0958. The molecule has 1 amide bonds. The first-order valence-electron chi connectivity index (χ1n) is 9.24. The number of aryl methyl sites for hydroxylation is 1. The van der Waals surface area contributed by atoms with E-state index < -0.39 is 0 Å². The van der Waals surface area contributed by atoms with Crippen LogP contribution >= 0.6 is 34.5 Å². The third kappa shape index (κ3) is 5.88. The number of hydrogen-bond acceptors (Lipinski definition) is 7. The number of rotatable bonds is 8. The summed E-state index contributed by atoms with van der Waals surface area (Å²) in [6.45, 7) is 2.17. The zero-order chi connectivity index (χ0) is 22.4. The quantitative estimate of drug-likeness (QED) is 0.352. The van der Waals surface area contributed by atoms with Gasteiger partial charge in [-0.2, -0.15) is 5.10 Å². The minimum absolute atomic E-state index is 0.258. The second kappa shape index (κ2) is 10.5. The fourth-order valence-corrected chi connectivity index (χ4v) is 3.96. The number of aromatic nitrogens is 1. The number of nitrogens with two attached hydrogens (primary N) is 1. The lowest BCUT2D eigenvalue weighted by atomic mass is 10.2. The first kappa shape index (κ1) is 22.9. The van der Waals surface area contributed by atoms with Crippen molar-refractivity contribution in [1.82, 2.24) is 10.4 Å². The van der Waals surface area contributed by atoms with E-state index in [1.54, 1.807) is 37.4 Å². The molecule has 31 heavy (non-hydrogen) atoms. The molecular formula is C21H20Cl2N4O3S. The highest BCUT2D eigenvalue weighted by atomic mass is 35.5. The van der Waals surface area contributed by atoms with Gasteiger partial charge in [0.15, 0.2) is 16.6 Å². The molecule has 0 bridgehead atoms. The van der Waals surface area contributed by atoms with Crippen molar-refractivity contribution < 1.29 is 14.3 Å². The van der Waals surface area contributed by atoms with E-state index in [1.807, 2.05) is 13.0 Å². The Morgan fingerprint density at radius 2 is 2.06 bits per heavy atom. The molecule has 0 aliphatic rings. The summed E-state index contributed by atoms with van der Waals surface area (Å²) in [5.74, 6) is 0.709. The van der Waals surface area contributed by atoms with Crippen LogP contribution in [0, 0.1) is 0 Å². The number of thiazole rings is 1. The van der Waals surface area contributed by atoms with Gasteiger partial charge in [0.05, 0.1) is 19.0 Å². The van der Waals surface area contributed by atoms with Gasteiger partial charge in [-0.3, -0.25) is 4.79 Å². The first-order chi connectivity index (χ1) is 14.9. The van der Waals surface area contributed by atoms with E-state index in [-0.39, 0.29) is 12.5 Å². The molecule has 2 aromatic carbocycles. The highest BCUT2D eigenvalue weighted by Gasteiger charge is 2.15. The van der Waals surface area contributed by atoms with Crippen LogP contribution < -0.4 is 20.6 Å². The maximum Gasteiger partial charge on any atom is 0.283 e. The van der Waals surface area contributed by atoms with Gasteiger partial charge in [0.2, 0.25) is 0 Å². The van der Waals surface area contributed by atoms with Crippen molar-refractivity contribution in [2.45, 2.75) is 20.0 Å². The number of hydrogen-bond donors (Lipinski definition) is 2. The van der Waals surface area contributed by atoms with Crippen molar-refractivity contribution in [2.75, 3.05) is 12.8 Å². The summed E-state index contributed by atoms with van der Waals surface area (Å²) in [7, 11) is 1.54.